The van der Waals surface area contributed by atoms with E-state index in [-0.39, 0.29) is 18.0 Å². The van der Waals surface area contributed by atoms with Crippen molar-refractivity contribution < 1.29 is 18.7 Å². The number of aryl methyl sites for hydroxylation is 2. The summed E-state index contributed by atoms with van der Waals surface area (Å²) in [5.41, 5.74) is 1.84. The van der Waals surface area contributed by atoms with E-state index in [1.807, 2.05) is 19.9 Å². The Hall–Kier alpha value is -2.30. The lowest BCUT2D eigenvalue weighted by Crippen LogP contribution is -2.05. The third-order valence-corrected chi connectivity index (χ3v) is 3.26. The standard InChI is InChI=1S/C16H18O5/c1-4-20-13-9-14-12(10(2)7-16(18)21-14)8-11(13)5-6-15(17)19-3/h7-9H,4-6H2,1-3H3. The van der Waals surface area contributed by atoms with Crippen molar-refractivity contribution in [3.8, 4) is 5.75 Å². The summed E-state index contributed by atoms with van der Waals surface area (Å²) in [5.74, 6) is 0.358. The Bertz CT molecular complexity index is 714. The third kappa shape index (κ3) is 3.42. The first-order valence-corrected chi connectivity index (χ1v) is 6.82. The Balaban J connectivity index is 2.48. The van der Waals surface area contributed by atoms with Crippen LogP contribution in [0, 0.1) is 6.92 Å². The number of ether oxygens (including phenoxy) is 2. The molecule has 0 spiro atoms. The predicted molar refractivity (Wildman–Crippen MR) is 78.7 cm³/mol. The van der Waals surface area contributed by atoms with E-state index in [0.717, 1.165) is 16.5 Å². The maximum Gasteiger partial charge on any atom is 0.336 e. The summed E-state index contributed by atoms with van der Waals surface area (Å²) in [7, 11) is 1.37. The van der Waals surface area contributed by atoms with Crippen LogP contribution in [0.1, 0.15) is 24.5 Å². The van der Waals surface area contributed by atoms with Gasteiger partial charge >= 0.3 is 11.6 Å². The molecule has 0 fully saturated rings. The zero-order valence-corrected chi connectivity index (χ0v) is 12.4. The van der Waals surface area contributed by atoms with Crippen LogP contribution in [-0.2, 0) is 16.0 Å². The van der Waals surface area contributed by atoms with Crippen LogP contribution in [0.25, 0.3) is 11.0 Å². The second-order valence-corrected chi connectivity index (χ2v) is 4.71. The molecular weight excluding hydrogens is 272 g/mol. The molecule has 1 heterocycles. The maximum absolute atomic E-state index is 11.4. The van der Waals surface area contributed by atoms with Gasteiger partial charge in [-0.25, -0.2) is 4.79 Å². The molecule has 0 aliphatic carbocycles. The van der Waals surface area contributed by atoms with Crippen molar-refractivity contribution in [2.24, 2.45) is 0 Å². The molecule has 0 saturated heterocycles. The first-order valence-electron chi connectivity index (χ1n) is 6.82. The normalized spacial score (nSPS) is 10.6. The van der Waals surface area contributed by atoms with Crippen molar-refractivity contribution in [3.05, 3.63) is 39.7 Å². The number of methoxy groups -OCH3 is 1. The molecule has 0 unspecified atom stereocenters. The Morgan fingerprint density at radius 1 is 1.29 bits per heavy atom. The topological polar surface area (TPSA) is 65.7 Å². The SMILES string of the molecule is CCOc1cc2oc(=O)cc(C)c2cc1CCC(=O)OC. The Morgan fingerprint density at radius 3 is 2.71 bits per heavy atom. The van der Waals surface area contributed by atoms with E-state index in [0.29, 0.717) is 24.4 Å². The van der Waals surface area contributed by atoms with Gasteiger partial charge in [-0.1, -0.05) is 0 Å². The third-order valence-electron chi connectivity index (χ3n) is 3.26. The number of esters is 1. The number of carbonyl (C=O) groups excluding carboxylic acids is 1. The van der Waals surface area contributed by atoms with Crippen LogP contribution in [0.3, 0.4) is 0 Å². The lowest BCUT2D eigenvalue weighted by Gasteiger charge is -2.12. The van der Waals surface area contributed by atoms with Gasteiger partial charge in [0.25, 0.3) is 0 Å². The summed E-state index contributed by atoms with van der Waals surface area (Å²) in [6, 6.07) is 5.06. The van der Waals surface area contributed by atoms with Crippen LogP contribution >= 0.6 is 0 Å². The molecule has 2 rings (SSSR count). The fourth-order valence-corrected chi connectivity index (χ4v) is 2.22. The van der Waals surface area contributed by atoms with Crippen molar-refractivity contribution in [3.63, 3.8) is 0 Å². The first kappa shape index (κ1) is 15.1. The zero-order chi connectivity index (χ0) is 15.4. The molecule has 5 heteroatoms. The van der Waals surface area contributed by atoms with Gasteiger partial charge in [-0.15, -0.1) is 0 Å². The number of carbonyl (C=O) groups is 1. The highest BCUT2D eigenvalue weighted by atomic mass is 16.5. The summed E-state index contributed by atoms with van der Waals surface area (Å²) in [6.45, 7) is 4.22. The monoisotopic (exact) mass is 290 g/mol. The summed E-state index contributed by atoms with van der Waals surface area (Å²) >= 11 is 0. The van der Waals surface area contributed by atoms with Crippen molar-refractivity contribution in [1.29, 1.82) is 0 Å². The number of benzene rings is 1. The average molecular weight is 290 g/mol. The van der Waals surface area contributed by atoms with E-state index in [9.17, 15) is 9.59 Å². The van der Waals surface area contributed by atoms with Gasteiger partial charge in [-0.2, -0.15) is 0 Å². The number of rotatable bonds is 5. The van der Waals surface area contributed by atoms with E-state index in [1.54, 1.807) is 6.07 Å². The highest BCUT2D eigenvalue weighted by molar-refractivity contribution is 5.83. The minimum absolute atomic E-state index is 0.270. The lowest BCUT2D eigenvalue weighted by atomic mass is 10.0. The van der Waals surface area contributed by atoms with E-state index in [4.69, 9.17) is 9.15 Å². The van der Waals surface area contributed by atoms with Crippen LogP contribution in [0.2, 0.25) is 0 Å². The van der Waals surface area contributed by atoms with Gasteiger partial charge in [0.05, 0.1) is 13.7 Å². The van der Waals surface area contributed by atoms with Crippen molar-refractivity contribution in [2.75, 3.05) is 13.7 Å². The molecule has 5 nitrogen and oxygen atoms in total. The largest absolute Gasteiger partial charge is 0.493 e. The minimum atomic E-state index is -0.384. The molecule has 21 heavy (non-hydrogen) atoms. The van der Waals surface area contributed by atoms with Crippen LogP contribution in [-0.4, -0.2) is 19.7 Å². The van der Waals surface area contributed by atoms with E-state index < -0.39 is 0 Å². The highest BCUT2D eigenvalue weighted by Gasteiger charge is 2.12. The molecule has 0 aliphatic rings. The smallest absolute Gasteiger partial charge is 0.336 e. The molecule has 0 amide bonds. The number of fused-ring (bicyclic) bond motifs is 1. The number of hydrogen-bond acceptors (Lipinski definition) is 5. The molecule has 0 radical (unpaired) electrons. The molecule has 1 aromatic heterocycles. The zero-order valence-electron chi connectivity index (χ0n) is 12.4. The van der Waals surface area contributed by atoms with Gasteiger partial charge in [0.2, 0.25) is 0 Å². The Morgan fingerprint density at radius 2 is 2.05 bits per heavy atom. The maximum atomic E-state index is 11.4. The number of hydrogen-bond donors (Lipinski definition) is 0. The second kappa shape index (κ2) is 6.43. The molecule has 2 aromatic rings. The molecular formula is C16H18O5. The van der Waals surface area contributed by atoms with E-state index >= 15 is 0 Å². The average Bonchev–Trinajstić information content (AvgIpc) is 2.45. The van der Waals surface area contributed by atoms with Crippen LogP contribution in [0.15, 0.2) is 27.4 Å². The minimum Gasteiger partial charge on any atom is -0.493 e. The second-order valence-electron chi connectivity index (χ2n) is 4.71. The van der Waals surface area contributed by atoms with Gasteiger partial charge in [-0.05, 0) is 37.5 Å². The Kier molecular flexibility index (Phi) is 4.62. The quantitative estimate of drug-likeness (QED) is 0.625. The molecule has 0 aliphatic heterocycles. The van der Waals surface area contributed by atoms with Gasteiger partial charge in [0.15, 0.2) is 0 Å². The predicted octanol–water partition coefficient (Wildman–Crippen LogP) is 2.61. The molecule has 0 saturated carbocycles. The fourth-order valence-electron chi connectivity index (χ4n) is 2.22. The summed E-state index contributed by atoms with van der Waals surface area (Å²) in [6.07, 6.45) is 0.786. The van der Waals surface area contributed by atoms with Gasteiger partial charge in [-0.3, -0.25) is 4.79 Å². The van der Waals surface area contributed by atoms with Crippen molar-refractivity contribution in [2.45, 2.75) is 26.7 Å². The van der Waals surface area contributed by atoms with Crippen LogP contribution in [0.4, 0.5) is 0 Å². The van der Waals surface area contributed by atoms with Gasteiger partial charge in [0, 0.05) is 23.9 Å². The summed E-state index contributed by atoms with van der Waals surface area (Å²) < 4.78 is 15.4. The highest BCUT2D eigenvalue weighted by Crippen LogP contribution is 2.28. The molecule has 112 valence electrons. The molecule has 0 N–H and O–H groups in total. The van der Waals surface area contributed by atoms with Gasteiger partial charge in [0.1, 0.15) is 11.3 Å². The summed E-state index contributed by atoms with van der Waals surface area (Å²) in [4.78, 5) is 22.8. The fraction of sp³-hybridized carbons (Fsp3) is 0.375. The van der Waals surface area contributed by atoms with Crippen molar-refractivity contribution in [1.82, 2.24) is 0 Å². The molecule has 1 aromatic carbocycles. The lowest BCUT2D eigenvalue weighted by molar-refractivity contribution is -0.140. The van der Waals surface area contributed by atoms with E-state index in [2.05, 4.69) is 4.74 Å². The Labute approximate surface area is 122 Å². The first-order chi connectivity index (χ1) is 10.0. The van der Waals surface area contributed by atoms with Crippen LogP contribution in [0.5, 0.6) is 5.75 Å². The molecule has 0 atom stereocenters. The van der Waals surface area contributed by atoms with Gasteiger partial charge < -0.3 is 13.9 Å². The van der Waals surface area contributed by atoms with Crippen LogP contribution < -0.4 is 10.4 Å². The van der Waals surface area contributed by atoms with E-state index in [1.165, 1.54) is 13.2 Å². The molecule has 0 bridgehead atoms. The summed E-state index contributed by atoms with van der Waals surface area (Å²) in [5, 5.41) is 0.845. The van der Waals surface area contributed by atoms with Crippen molar-refractivity contribution >= 4 is 16.9 Å².